The highest BCUT2D eigenvalue weighted by atomic mass is 16.5. The van der Waals surface area contributed by atoms with Crippen LogP contribution in [0.15, 0.2) is 48.5 Å². The number of ether oxygens (including phenoxy) is 1. The second-order valence-electron chi connectivity index (χ2n) is 5.76. The summed E-state index contributed by atoms with van der Waals surface area (Å²) in [6, 6.07) is 16.5. The molecule has 0 atom stereocenters. The number of piperazine rings is 1. The molecule has 0 unspecified atom stereocenters. The van der Waals surface area contributed by atoms with Gasteiger partial charge in [-0.25, -0.2) is 4.79 Å². The van der Waals surface area contributed by atoms with Crippen molar-refractivity contribution in [2.45, 2.75) is 6.92 Å². The summed E-state index contributed by atoms with van der Waals surface area (Å²) in [5.41, 5.74) is 3.40. The molecule has 1 fully saturated rings. The zero-order chi connectivity index (χ0) is 16.9. The van der Waals surface area contributed by atoms with E-state index in [4.69, 9.17) is 9.84 Å². The molecule has 5 nitrogen and oxygen atoms in total. The van der Waals surface area contributed by atoms with Crippen LogP contribution in [0.2, 0.25) is 0 Å². The molecule has 5 heteroatoms. The molecule has 0 spiro atoms. The van der Waals surface area contributed by atoms with Gasteiger partial charge in [-0.3, -0.25) is 0 Å². The van der Waals surface area contributed by atoms with E-state index in [2.05, 4.69) is 35.2 Å². The highest BCUT2D eigenvalue weighted by Crippen LogP contribution is 2.26. The first kappa shape index (κ1) is 16.2. The molecule has 2 aromatic carbocycles. The van der Waals surface area contributed by atoms with Crippen LogP contribution in [0.25, 0.3) is 11.1 Å². The van der Waals surface area contributed by atoms with Crippen molar-refractivity contribution >= 4 is 11.8 Å². The van der Waals surface area contributed by atoms with Crippen LogP contribution >= 0.6 is 0 Å². The number of carboxylic acid groups (broad SMARTS) is 1. The normalized spacial score (nSPS) is 14.5. The monoisotopic (exact) mass is 326 g/mol. The maximum atomic E-state index is 11.0. The predicted octanol–water partition coefficient (Wildman–Crippen LogP) is 3.55. The Morgan fingerprint density at radius 1 is 1.04 bits per heavy atom. The second-order valence-corrected chi connectivity index (χ2v) is 5.76. The van der Waals surface area contributed by atoms with Crippen molar-refractivity contribution in [3.05, 3.63) is 48.5 Å². The van der Waals surface area contributed by atoms with Crippen LogP contribution in [0.3, 0.4) is 0 Å². The fourth-order valence-corrected chi connectivity index (χ4v) is 2.95. The molecule has 1 saturated heterocycles. The Morgan fingerprint density at radius 3 is 2.38 bits per heavy atom. The Balaban J connectivity index is 1.70. The Morgan fingerprint density at radius 2 is 1.75 bits per heavy atom. The van der Waals surface area contributed by atoms with Crippen LogP contribution in [0, 0.1) is 0 Å². The number of carbonyl (C=O) groups is 1. The van der Waals surface area contributed by atoms with Crippen LogP contribution < -0.4 is 9.64 Å². The lowest BCUT2D eigenvalue weighted by Gasteiger charge is -2.34. The Kier molecular flexibility index (Phi) is 4.89. The average molecular weight is 326 g/mol. The molecular weight excluding hydrogens is 304 g/mol. The van der Waals surface area contributed by atoms with Crippen LogP contribution in [0.1, 0.15) is 6.92 Å². The summed E-state index contributed by atoms with van der Waals surface area (Å²) in [6.45, 7) is 5.19. The molecule has 3 rings (SSSR count). The molecule has 1 aliphatic heterocycles. The number of amides is 1. The van der Waals surface area contributed by atoms with Crippen molar-refractivity contribution in [3.8, 4) is 16.9 Å². The van der Waals surface area contributed by atoms with Crippen molar-refractivity contribution in [1.82, 2.24) is 4.90 Å². The fourth-order valence-electron chi connectivity index (χ4n) is 2.95. The average Bonchev–Trinajstić information content (AvgIpc) is 2.62. The van der Waals surface area contributed by atoms with E-state index in [9.17, 15) is 4.79 Å². The lowest BCUT2D eigenvalue weighted by molar-refractivity contribution is 0.142. The zero-order valence-corrected chi connectivity index (χ0v) is 13.8. The second kappa shape index (κ2) is 7.25. The van der Waals surface area contributed by atoms with Gasteiger partial charge in [0.05, 0.1) is 6.61 Å². The minimum absolute atomic E-state index is 0.549. The van der Waals surface area contributed by atoms with Crippen LogP contribution in [0.5, 0.6) is 5.75 Å². The summed E-state index contributed by atoms with van der Waals surface area (Å²) in [6.07, 6.45) is -0.834. The van der Waals surface area contributed by atoms with Crippen LogP contribution in [-0.4, -0.2) is 48.9 Å². The Bertz CT molecular complexity index is 692. The van der Waals surface area contributed by atoms with Gasteiger partial charge in [-0.2, -0.15) is 0 Å². The molecule has 1 aliphatic rings. The SMILES string of the molecule is CCOc1cccc(-c2ccc(N3CCN(C(=O)O)CC3)cc2)c1. The van der Waals surface area contributed by atoms with Crippen molar-refractivity contribution in [2.75, 3.05) is 37.7 Å². The van der Waals surface area contributed by atoms with Crippen molar-refractivity contribution in [3.63, 3.8) is 0 Å². The molecule has 0 radical (unpaired) electrons. The molecule has 1 N–H and O–H groups in total. The molecule has 2 aromatic rings. The number of anilines is 1. The van der Waals surface area contributed by atoms with Crippen molar-refractivity contribution in [2.24, 2.45) is 0 Å². The Hall–Kier alpha value is -2.69. The predicted molar refractivity (Wildman–Crippen MR) is 94.9 cm³/mol. The lowest BCUT2D eigenvalue weighted by Crippen LogP contribution is -2.48. The summed E-state index contributed by atoms with van der Waals surface area (Å²) in [5.74, 6) is 0.879. The summed E-state index contributed by atoms with van der Waals surface area (Å²) >= 11 is 0. The fraction of sp³-hybridized carbons (Fsp3) is 0.316. The van der Waals surface area contributed by atoms with Gasteiger partial charge in [0.15, 0.2) is 0 Å². The summed E-state index contributed by atoms with van der Waals surface area (Å²) < 4.78 is 5.56. The van der Waals surface area contributed by atoms with E-state index in [1.165, 1.54) is 4.90 Å². The quantitative estimate of drug-likeness (QED) is 0.933. The lowest BCUT2D eigenvalue weighted by atomic mass is 10.0. The van der Waals surface area contributed by atoms with Crippen LogP contribution in [-0.2, 0) is 0 Å². The molecule has 0 aliphatic carbocycles. The van der Waals surface area contributed by atoms with Gasteiger partial charge < -0.3 is 19.6 Å². The van der Waals surface area contributed by atoms with Crippen LogP contribution in [0.4, 0.5) is 10.5 Å². The largest absolute Gasteiger partial charge is 0.494 e. The molecular formula is C19H22N2O3. The Labute approximate surface area is 142 Å². The maximum absolute atomic E-state index is 11.0. The number of nitrogens with zero attached hydrogens (tertiary/aromatic N) is 2. The summed E-state index contributed by atoms with van der Waals surface area (Å²) in [7, 11) is 0. The first-order chi connectivity index (χ1) is 11.7. The topological polar surface area (TPSA) is 53.0 Å². The van der Waals surface area contributed by atoms with Gasteiger partial charge in [0.1, 0.15) is 5.75 Å². The minimum Gasteiger partial charge on any atom is -0.494 e. The van der Waals surface area contributed by atoms with Crippen molar-refractivity contribution < 1.29 is 14.6 Å². The number of hydrogen-bond donors (Lipinski definition) is 1. The van der Waals surface area contributed by atoms with Gasteiger partial charge >= 0.3 is 6.09 Å². The van der Waals surface area contributed by atoms with E-state index >= 15 is 0 Å². The van der Waals surface area contributed by atoms with Gasteiger partial charge in [0.2, 0.25) is 0 Å². The van der Waals surface area contributed by atoms with Gasteiger partial charge in [0.25, 0.3) is 0 Å². The standard InChI is InChI=1S/C19H22N2O3/c1-2-24-18-5-3-4-16(14-18)15-6-8-17(9-7-15)20-10-12-21(13-11-20)19(22)23/h3-9,14H,2,10-13H2,1H3,(H,22,23). The zero-order valence-electron chi connectivity index (χ0n) is 13.8. The minimum atomic E-state index is -0.834. The molecule has 0 aromatic heterocycles. The van der Waals surface area contributed by atoms with E-state index < -0.39 is 6.09 Å². The van der Waals surface area contributed by atoms with Gasteiger partial charge in [0, 0.05) is 31.9 Å². The first-order valence-electron chi connectivity index (χ1n) is 8.23. The molecule has 1 amide bonds. The van der Waals surface area contributed by atoms with Gasteiger partial charge in [-0.1, -0.05) is 24.3 Å². The maximum Gasteiger partial charge on any atom is 0.407 e. The third-order valence-electron chi connectivity index (χ3n) is 4.26. The molecule has 0 bridgehead atoms. The third-order valence-corrected chi connectivity index (χ3v) is 4.26. The van der Waals surface area contributed by atoms with E-state index in [1.807, 2.05) is 25.1 Å². The summed E-state index contributed by atoms with van der Waals surface area (Å²) in [4.78, 5) is 14.7. The van der Waals surface area contributed by atoms with Gasteiger partial charge in [-0.15, -0.1) is 0 Å². The first-order valence-corrected chi connectivity index (χ1v) is 8.23. The van der Waals surface area contributed by atoms with E-state index in [1.54, 1.807) is 0 Å². The van der Waals surface area contributed by atoms with E-state index in [0.717, 1.165) is 35.7 Å². The molecule has 24 heavy (non-hydrogen) atoms. The molecule has 126 valence electrons. The summed E-state index contributed by atoms with van der Waals surface area (Å²) in [5, 5.41) is 9.02. The smallest absolute Gasteiger partial charge is 0.407 e. The van der Waals surface area contributed by atoms with E-state index in [0.29, 0.717) is 19.7 Å². The van der Waals surface area contributed by atoms with Crippen molar-refractivity contribution in [1.29, 1.82) is 0 Å². The number of benzene rings is 2. The highest BCUT2D eigenvalue weighted by molar-refractivity contribution is 5.68. The number of hydrogen-bond acceptors (Lipinski definition) is 3. The van der Waals surface area contributed by atoms with E-state index in [-0.39, 0.29) is 0 Å². The molecule has 0 saturated carbocycles. The molecule has 1 heterocycles. The number of rotatable bonds is 4. The third kappa shape index (κ3) is 3.62. The highest BCUT2D eigenvalue weighted by Gasteiger charge is 2.20. The van der Waals surface area contributed by atoms with Gasteiger partial charge in [-0.05, 0) is 42.3 Å².